The molecule has 0 amide bonds. The minimum atomic E-state index is 0.318. The van der Waals surface area contributed by atoms with Gasteiger partial charge in [0.05, 0.1) is 0 Å². The highest BCUT2D eigenvalue weighted by atomic mass is 127. The molecule has 1 N–H and O–H groups in total. The Hall–Kier alpha value is -1.03. The van der Waals surface area contributed by atoms with Gasteiger partial charge in [0.15, 0.2) is 0 Å². The van der Waals surface area contributed by atoms with E-state index in [0.29, 0.717) is 6.04 Å². The molecule has 0 radical (unpaired) electrons. The molecule has 1 atom stereocenters. The number of hydrogen-bond donors (Lipinski definition) is 1. The molecule has 0 spiro atoms. The van der Waals surface area contributed by atoms with Crippen LogP contribution in [0.1, 0.15) is 35.2 Å². The van der Waals surface area contributed by atoms with Crippen LogP contribution in [-0.2, 0) is 0 Å². The minimum Gasteiger partial charge on any atom is -0.378 e. The van der Waals surface area contributed by atoms with Crippen LogP contribution in [0.3, 0.4) is 0 Å². The van der Waals surface area contributed by atoms with Crippen molar-refractivity contribution < 1.29 is 0 Å². The predicted octanol–water partition coefficient (Wildman–Crippen LogP) is 5.39. The van der Waals surface area contributed by atoms with Crippen molar-refractivity contribution in [3.05, 3.63) is 62.2 Å². The molecular formula is C17H20IN. The summed E-state index contributed by atoms with van der Waals surface area (Å²) in [7, 11) is 0. The Kier molecular flexibility index (Phi) is 4.50. The van der Waals surface area contributed by atoms with Crippen LogP contribution < -0.4 is 5.32 Å². The molecule has 0 heterocycles. The van der Waals surface area contributed by atoms with Crippen LogP contribution in [-0.4, -0.2) is 0 Å². The van der Waals surface area contributed by atoms with Gasteiger partial charge in [-0.05, 0) is 79.1 Å². The topological polar surface area (TPSA) is 12.0 Å². The molecule has 2 heteroatoms. The highest BCUT2D eigenvalue weighted by molar-refractivity contribution is 14.1. The van der Waals surface area contributed by atoms with Crippen molar-refractivity contribution in [3.63, 3.8) is 0 Å². The molecule has 0 aliphatic carbocycles. The normalized spacial score (nSPS) is 12.3. The van der Waals surface area contributed by atoms with Gasteiger partial charge in [-0.25, -0.2) is 0 Å². The Morgan fingerprint density at radius 2 is 1.63 bits per heavy atom. The average molecular weight is 365 g/mol. The second-order valence-electron chi connectivity index (χ2n) is 5.19. The summed E-state index contributed by atoms with van der Waals surface area (Å²) in [5.74, 6) is 0. The molecule has 2 aromatic rings. The summed E-state index contributed by atoms with van der Waals surface area (Å²) in [5.41, 5.74) is 6.53. The number of nitrogens with one attached hydrogen (secondary N) is 1. The van der Waals surface area contributed by atoms with Crippen molar-refractivity contribution >= 4 is 28.3 Å². The summed E-state index contributed by atoms with van der Waals surface area (Å²) >= 11 is 2.38. The summed E-state index contributed by atoms with van der Waals surface area (Å²) in [6.07, 6.45) is 0. The van der Waals surface area contributed by atoms with Crippen molar-refractivity contribution in [1.82, 2.24) is 0 Å². The second-order valence-corrected chi connectivity index (χ2v) is 6.35. The Bertz CT molecular complexity index is 590. The van der Waals surface area contributed by atoms with Crippen LogP contribution in [0.15, 0.2) is 36.4 Å². The summed E-state index contributed by atoms with van der Waals surface area (Å²) in [5, 5.41) is 3.59. The first-order valence-electron chi connectivity index (χ1n) is 6.57. The van der Waals surface area contributed by atoms with Gasteiger partial charge in [0.1, 0.15) is 0 Å². The van der Waals surface area contributed by atoms with E-state index in [-0.39, 0.29) is 0 Å². The molecule has 1 nitrogen and oxygen atoms in total. The summed E-state index contributed by atoms with van der Waals surface area (Å²) in [4.78, 5) is 0. The Labute approximate surface area is 129 Å². The van der Waals surface area contributed by atoms with E-state index in [1.807, 2.05) is 0 Å². The second kappa shape index (κ2) is 5.95. The Morgan fingerprint density at radius 1 is 0.947 bits per heavy atom. The Morgan fingerprint density at radius 3 is 2.32 bits per heavy atom. The summed E-state index contributed by atoms with van der Waals surface area (Å²) in [6.45, 7) is 8.67. The van der Waals surface area contributed by atoms with Gasteiger partial charge in [-0.3, -0.25) is 0 Å². The lowest BCUT2D eigenvalue weighted by molar-refractivity contribution is 0.872. The zero-order valence-corrected chi connectivity index (χ0v) is 14.1. The molecule has 2 aromatic carbocycles. The fourth-order valence-corrected chi connectivity index (χ4v) is 2.75. The molecule has 0 fully saturated rings. The third-order valence-corrected chi connectivity index (χ3v) is 4.62. The van der Waals surface area contributed by atoms with E-state index >= 15 is 0 Å². The molecule has 1 unspecified atom stereocenters. The van der Waals surface area contributed by atoms with Gasteiger partial charge in [0, 0.05) is 15.3 Å². The maximum absolute atomic E-state index is 3.59. The number of anilines is 1. The highest BCUT2D eigenvalue weighted by Gasteiger charge is 2.09. The van der Waals surface area contributed by atoms with E-state index in [1.165, 1.54) is 31.5 Å². The molecule has 2 rings (SSSR count). The molecule has 0 aromatic heterocycles. The van der Waals surface area contributed by atoms with Crippen LogP contribution >= 0.6 is 22.6 Å². The first-order chi connectivity index (χ1) is 8.97. The SMILES string of the molecule is Cc1ccc(C)c(C(C)Nc2ccc(C)c(I)c2)c1. The van der Waals surface area contributed by atoms with Crippen molar-refractivity contribution in [2.45, 2.75) is 33.7 Å². The predicted molar refractivity (Wildman–Crippen MR) is 91.8 cm³/mol. The van der Waals surface area contributed by atoms with Gasteiger partial charge in [-0.15, -0.1) is 0 Å². The van der Waals surface area contributed by atoms with Gasteiger partial charge in [-0.1, -0.05) is 29.8 Å². The van der Waals surface area contributed by atoms with Crippen molar-refractivity contribution in [3.8, 4) is 0 Å². The number of benzene rings is 2. The molecule has 100 valence electrons. The van der Waals surface area contributed by atoms with E-state index in [1.54, 1.807) is 0 Å². The number of halogens is 1. The molecule has 19 heavy (non-hydrogen) atoms. The first kappa shape index (κ1) is 14.4. The van der Waals surface area contributed by atoms with Gasteiger partial charge < -0.3 is 5.32 Å². The maximum Gasteiger partial charge on any atom is 0.0488 e. The van der Waals surface area contributed by atoms with E-state index in [9.17, 15) is 0 Å². The number of aryl methyl sites for hydroxylation is 3. The third-order valence-electron chi connectivity index (χ3n) is 3.46. The van der Waals surface area contributed by atoms with E-state index < -0.39 is 0 Å². The lowest BCUT2D eigenvalue weighted by atomic mass is 10.00. The number of hydrogen-bond acceptors (Lipinski definition) is 1. The molecule has 0 saturated heterocycles. The smallest absolute Gasteiger partial charge is 0.0488 e. The van der Waals surface area contributed by atoms with Gasteiger partial charge in [0.25, 0.3) is 0 Å². The molecular weight excluding hydrogens is 345 g/mol. The summed E-state index contributed by atoms with van der Waals surface area (Å²) in [6, 6.07) is 13.5. The minimum absolute atomic E-state index is 0.318. The zero-order chi connectivity index (χ0) is 14.0. The van der Waals surface area contributed by atoms with E-state index in [0.717, 1.165) is 0 Å². The van der Waals surface area contributed by atoms with Crippen LogP contribution in [0.5, 0.6) is 0 Å². The van der Waals surface area contributed by atoms with Gasteiger partial charge in [-0.2, -0.15) is 0 Å². The fraction of sp³-hybridized carbons (Fsp3) is 0.294. The van der Waals surface area contributed by atoms with Crippen LogP contribution in [0.2, 0.25) is 0 Å². The first-order valence-corrected chi connectivity index (χ1v) is 7.65. The van der Waals surface area contributed by atoms with Crippen molar-refractivity contribution in [2.24, 2.45) is 0 Å². The summed E-state index contributed by atoms with van der Waals surface area (Å²) < 4.78 is 1.30. The largest absolute Gasteiger partial charge is 0.378 e. The van der Waals surface area contributed by atoms with Crippen molar-refractivity contribution in [2.75, 3.05) is 5.32 Å². The highest BCUT2D eigenvalue weighted by Crippen LogP contribution is 2.25. The molecule has 0 saturated carbocycles. The zero-order valence-electron chi connectivity index (χ0n) is 11.9. The molecule has 0 aliphatic heterocycles. The average Bonchev–Trinajstić information content (AvgIpc) is 2.36. The van der Waals surface area contributed by atoms with Gasteiger partial charge in [0.2, 0.25) is 0 Å². The quantitative estimate of drug-likeness (QED) is 0.720. The monoisotopic (exact) mass is 365 g/mol. The molecule has 0 aliphatic rings. The lowest BCUT2D eigenvalue weighted by Crippen LogP contribution is -2.08. The fourth-order valence-electron chi connectivity index (χ4n) is 2.24. The van der Waals surface area contributed by atoms with Gasteiger partial charge >= 0.3 is 0 Å². The van der Waals surface area contributed by atoms with E-state index in [4.69, 9.17) is 0 Å². The third kappa shape index (κ3) is 3.50. The van der Waals surface area contributed by atoms with Crippen LogP contribution in [0, 0.1) is 24.3 Å². The Balaban J connectivity index is 2.22. The molecule has 0 bridgehead atoms. The lowest BCUT2D eigenvalue weighted by Gasteiger charge is -2.19. The maximum atomic E-state index is 3.59. The standard InChI is InChI=1S/C17H20IN/c1-11-5-6-12(2)16(9-11)14(4)19-15-8-7-13(3)17(18)10-15/h5-10,14,19H,1-4H3. The van der Waals surface area contributed by atoms with E-state index in [2.05, 4.69) is 92.0 Å². The number of rotatable bonds is 3. The van der Waals surface area contributed by atoms with Crippen molar-refractivity contribution in [1.29, 1.82) is 0 Å². The van der Waals surface area contributed by atoms with Crippen LogP contribution in [0.4, 0.5) is 5.69 Å². The van der Waals surface area contributed by atoms with Crippen LogP contribution in [0.25, 0.3) is 0 Å².